The van der Waals surface area contributed by atoms with Gasteiger partial charge in [-0.05, 0) is 75.3 Å². The Kier molecular flexibility index (Phi) is 8.18. The predicted molar refractivity (Wildman–Crippen MR) is 123 cm³/mol. The second-order valence-electron chi connectivity index (χ2n) is 8.02. The molecular weight excluding hydrogens is 416 g/mol. The Hall–Kier alpha value is -2.73. The van der Waals surface area contributed by atoms with Gasteiger partial charge in [-0.3, -0.25) is 4.79 Å². The minimum absolute atomic E-state index is 0.0108. The Morgan fingerprint density at radius 1 is 1.00 bits per heavy atom. The third-order valence-electron chi connectivity index (χ3n) is 5.37. The second-order valence-corrected chi connectivity index (χ2v) is 8.23. The minimum atomic E-state index is -0.333. The molecule has 3 rings (SSSR count). The van der Waals surface area contributed by atoms with Gasteiger partial charge in [0, 0.05) is 17.4 Å². The lowest BCUT2D eigenvalue weighted by molar-refractivity contribution is -0.153. The third kappa shape index (κ3) is 6.89. The van der Waals surface area contributed by atoms with Crippen LogP contribution in [0.2, 0.25) is 0 Å². The Labute approximate surface area is 188 Å². The second kappa shape index (κ2) is 11.0. The van der Waals surface area contributed by atoms with Gasteiger partial charge in [0.15, 0.2) is 6.07 Å². The molecule has 2 aromatic carbocycles. The molecule has 1 aliphatic carbocycles. The van der Waals surface area contributed by atoms with Crippen LogP contribution < -0.4 is 15.4 Å². The lowest BCUT2D eigenvalue weighted by Gasteiger charge is -2.28. The van der Waals surface area contributed by atoms with E-state index in [2.05, 4.69) is 10.6 Å². The number of rotatable bonds is 7. The molecule has 1 aliphatic rings. The van der Waals surface area contributed by atoms with Crippen LogP contribution in [0.3, 0.4) is 0 Å². The Morgan fingerprint density at radius 3 is 2.32 bits per heavy atom. The fraction of sp³-hybridized carbons (Fsp3) is 0.417. The van der Waals surface area contributed by atoms with Crippen LogP contribution in [0.4, 0.5) is 16.2 Å². The number of urea groups is 1. The summed E-state index contributed by atoms with van der Waals surface area (Å²) in [6.45, 7) is 3.76. The van der Waals surface area contributed by atoms with Gasteiger partial charge in [0.2, 0.25) is 0 Å². The van der Waals surface area contributed by atoms with Gasteiger partial charge in [-0.1, -0.05) is 29.8 Å². The number of amides is 2. The number of halogens is 1. The maximum Gasteiger partial charge on any atom is 0.323 e. The molecule has 0 unspecified atom stereocenters. The van der Waals surface area contributed by atoms with Gasteiger partial charge in [0.1, 0.15) is 5.75 Å². The zero-order valence-corrected chi connectivity index (χ0v) is 18.7. The maximum absolute atomic E-state index is 12.3. The number of hydrogen-bond acceptors (Lipinski definition) is 4. The number of anilines is 2. The van der Waals surface area contributed by atoms with E-state index in [0.717, 1.165) is 25.7 Å². The number of hydrogen-bond donors (Lipinski definition) is 2. The smallest absolute Gasteiger partial charge is 0.323 e. The molecule has 6 nitrogen and oxygen atoms in total. The van der Waals surface area contributed by atoms with Gasteiger partial charge in [-0.2, -0.15) is 0 Å². The molecule has 2 aromatic rings. The Bertz CT molecular complexity index is 877. The summed E-state index contributed by atoms with van der Waals surface area (Å²) < 4.78 is 10.6. The van der Waals surface area contributed by atoms with Crippen LogP contribution in [0.5, 0.6) is 5.75 Å². The number of esters is 1. The predicted octanol–water partition coefficient (Wildman–Crippen LogP) is 6.13. The van der Waals surface area contributed by atoms with Crippen molar-refractivity contribution in [3.05, 3.63) is 54.1 Å². The first-order chi connectivity index (χ1) is 14.9. The zero-order chi connectivity index (χ0) is 22.2. The quantitative estimate of drug-likeness (QED) is 0.397. The maximum atomic E-state index is 12.3. The van der Waals surface area contributed by atoms with Crippen molar-refractivity contribution in [1.29, 1.82) is 0 Å². The van der Waals surface area contributed by atoms with E-state index < -0.39 is 0 Å². The standard InChI is InChI=1S/C24H29ClN2O4/c1-16(2)31-23(28)19-8-6-17(7-9-19)18-10-12-20(13-11-18)26-24(29)27-21-4-3-5-22(14-21)30-15-25/h3-5,10-14,16-17,19H,6-9,15H2,1-2H3,(H2,26,27,29). The summed E-state index contributed by atoms with van der Waals surface area (Å²) in [5, 5.41) is 5.61. The van der Waals surface area contributed by atoms with Crippen LogP contribution in [0.1, 0.15) is 51.0 Å². The zero-order valence-electron chi connectivity index (χ0n) is 17.9. The molecule has 31 heavy (non-hydrogen) atoms. The van der Waals surface area contributed by atoms with E-state index in [1.165, 1.54) is 5.56 Å². The molecule has 0 aliphatic heterocycles. The van der Waals surface area contributed by atoms with Crippen LogP contribution in [-0.4, -0.2) is 24.2 Å². The first-order valence-corrected chi connectivity index (χ1v) is 11.2. The number of alkyl halides is 1. The van der Waals surface area contributed by atoms with Crippen LogP contribution in [0, 0.1) is 5.92 Å². The first-order valence-electron chi connectivity index (χ1n) is 10.6. The number of nitrogens with one attached hydrogen (secondary N) is 2. The van der Waals surface area contributed by atoms with Crippen LogP contribution >= 0.6 is 11.6 Å². The van der Waals surface area contributed by atoms with Gasteiger partial charge in [-0.25, -0.2) is 4.79 Å². The van der Waals surface area contributed by atoms with Crippen molar-refractivity contribution in [2.45, 2.75) is 51.6 Å². The van der Waals surface area contributed by atoms with Crippen molar-refractivity contribution < 1.29 is 19.1 Å². The van der Waals surface area contributed by atoms with Crippen molar-refractivity contribution in [2.75, 3.05) is 16.7 Å². The molecule has 0 spiro atoms. The lowest BCUT2D eigenvalue weighted by atomic mass is 9.78. The third-order valence-corrected chi connectivity index (χ3v) is 5.47. The molecule has 2 N–H and O–H groups in total. The minimum Gasteiger partial charge on any atom is -0.478 e. The van der Waals surface area contributed by atoms with Crippen molar-refractivity contribution in [3.8, 4) is 5.75 Å². The molecule has 0 heterocycles. The van der Waals surface area contributed by atoms with Crippen LogP contribution in [-0.2, 0) is 9.53 Å². The summed E-state index contributed by atoms with van der Waals surface area (Å²) in [7, 11) is 0. The molecular formula is C24H29ClN2O4. The summed E-state index contributed by atoms with van der Waals surface area (Å²) in [5.74, 6) is 0.954. The molecule has 0 radical (unpaired) electrons. The molecule has 0 saturated heterocycles. The van der Waals surface area contributed by atoms with E-state index in [9.17, 15) is 9.59 Å². The van der Waals surface area contributed by atoms with Gasteiger partial charge in [0.05, 0.1) is 12.0 Å². The fourth-order valence-electron chi connectivity index (χ4n) is 3.85. The highest BCUT2D eigenvalue weighted by Gasteiger charge is 2.28. The van der Waals surface area contributed by atoms with Gasteiger partial charge in [0.25, 0.3) is 0 Å². The molecule has 1 saturated carbocycles. The molecule has 1 fully saturated rings. The van der Waals surface area contributed by atoms with E-state index in [1.807, 2.05) is 38.1 Å². The molecule has 7 heteroatoms. The summed E-state index contributed by atoms with van der Waals surface area (Å²) >= 11 is 5.57. The normalized spacial score (nSPS) is 18.3. The average molecular weight is 445 g/mol. The van der Waals surface area contributed by atoms with Crippen molar-refractivity contribution in [2.24, 2.45) is 5.92 Å². The summed E-state index contributed by atoms with van der Waals surface area (Å²) in [6, 6.07) is 14.6. The van der Waals surface area contributed by atoms with Crippen LogP contribution in [0.25, 0.3) is 0 Å². The summed E-state index contributed by atoms with van der Waals surface area (Å²) in [4.78, 5) is 24.4. The van der Waals surface area contributed by atoms with Crippen molar-refractivity contribution in [1.82, 2.24) is 0 Å². The van der Waals surface area contributed by atoms with Gasteiger partial charge in [-0.15, -0.1) is 0 Å². The highest BCUT2D eigenvalue weighted by molar-refractivity contribution is 6.17. The number of ether oxygens (including phenoxy) is 2. The highest BCUT2D eigenvalue weighted by Crippen LogP contribution is 2.36. The molecule has 0 aromatic heterocycles. The molecule has 0 atom stereocenters. The van der Waals surface area contributed by atoms with Gasteiger partial charge >= 0.3 is 12.0 Å². The monoisotopic (exact) mass is 444 g/mol. The van der Waals surface area contributed by atoms with E-state index in [0.29, 0.717) is 23.0 Å². The van der Waals surface area contributed by atoms with Gasteiger partial charge < -0.3 is 20.1 Å². The average Bonchev–Trinajstić information content (AvgIpc) is 2.74. The number of benzene rings is 2. The van der Waals surface area contributed by atoms with E-state index in [4.69, 9.17) is 21.1 Å². The van der Waals surface area contributed by atoms with E-state index >= 15 is 0 Å². The fourth-order valence-corrected chi connectivity index (χ4v) is 3.98. The summed E-state index contributed by atoms with van der Waals surface area (Å²) in [5.41, 5.74) is 2.56. The largest absolute Gasteiger partial charge is 0.478 e. The van der Waals surface area contributed by atoms with Crippen molar-refractivity contribution >= 4 is 35.0 Å². The highest BCUT2D eigenvalue weighted by atomic mass is 35.5. The van der Waals surface area contributed by atoms with E-state index in [1.54, 1.807) is 24.3 Å². The Balaban J connectivity index is 1.50. The number of carbonyl (C=O) groups excluding carboxylic acids is 2. The SMILES string of the molecule is CC(C)OC(=O)C1CCC(c2ccc(NC(=O)Nc3cccc(OCCl)c3)cc2)CC1. The first kappa shape index (κ1) is 22.9. The summed E-state index contributed by atoms with van der Waals surface area (Å²) in [6.07, 6.45) is 3.57. The lowest BCUT2D eigenvalue weighted by Crippen LogP contribution is -2.25. The van der Waals surface area contributed by atoms with E-state index in [-0.39, 0.29) is 30.1 Å². The molecule has 166 valence electrons. The topological polar surface area (TPSA) is 76.7 Å². The molecule has 0 bridgehead atoms. The number of carbonyl (C=O) groups is 2. The van der Waals surface area contributed by atoms with Crippen LogP contribution in [0.15, 0.2) is 48.5 Å². The Morgan fingerprint density at radius 2 is 1.68 bits per heavy atom. The van der Waals surface area contributed by atoms with Crippen molar-refractivity contribution in [3.63, 3.8) is 0 Å². The molecule has 2 amide bonds.